The second kappa shape index (κ2) is 10.9. The molecule has 146 valence electrons. The van der Waals surface area contributed by atoms with Crippen molar-refractivity contribution in [2.24, 2.45) is 4.99 Å². The number of guanidine groups is 1. The zero-order valence-electron chi connectivity index (χ0n) is 15.4. The highest BCUT2D eigenvalue weighted by Gasteiger charge is 2.17. The van der Waals surface area contributed by atoms with E-state index in [2.05, 4.69) is 32.2 Å². The zero-order valence-corrected chi connectivity index (χ0v) is 15.4. The number of halogens is 2. The molecule has 1 heterocycles. The molecule has 1 unspecified atom stereocenters. The highest BCUT2D eigenvalue weighted by Crippen LogP contribution is 2.20. The van der Waals surface area contributed by atoms with Crippen LogP contribution in [0.3, 0.4) is 0 Å². The summed E-state index contributed by atoms with van der Waals surface area (Å²) in [6, 6.07) is 7.05. The minimum Gasteiger partial charge on any atom is -0.434 e. The summed E-state index contributed by atoms with van der Waals surface area (Å²) in [4.78, 5) is 6.86. The zero-order chi connectivity index (χ0) is 18.8. The number of alkyl halides is 2. The first kappa shape index (κ1) is 20.4. The van der Waals surface area contributed by atoms with E-state index in [-0.39, 0.29) is 12.3 Å². The van der Waals surface area contributed by atoms with Crippen LogP contribution >= 0.6 is 0 Å². The summed E-state index contributed by atoms with van der Waals surface area (Å²) in [6.45, 7) is 6.38. The molecule has 0 radical (unpaired) electrons. The molecule has 8 heteroatoms. The maximum absolute atomic E-state index is 12.5. The first-order valence-electron chi connectivity index (χ1n) is 8.96. The fourth-order valence-corrected chi connectivity index (χ4v) is 2.74. The second-order valence-electron chi connectivity index (χ2n) is 6.06. The van der Waals surface area contributed by atoms with Gasteiger partial charge in [-0.25, -0.2) is 4.99 Å². The van der Waals surface area contributed by atoms with E-state index >= 15 is 0 Å². The number of morpholine rings is 1. The predicted octanol–water partition coefficient (Wildman–Crippen LogP) is 2.06. The number of nitrogens with one attached hydrogen (secondary N) is 2. The molecule has 1 atom stereocenters. The van der Waals surface area contributed by atoms with Gasteiger partial charge in [0.25, 0.3) is 0 Å². The molecule has 1 aliphatic heterocycles. The summed E-state index contributed by atoms with van der Waals surface area (Å²) < 4.78 is 35.0. The Morgan fingerprint density at radius 1 is 1.27 bits per heavy atom. The molecule has 0 saturated carbocycles. The molecule has 1 aromatic carbocycles. The summed E-state index contributed by atoms with van der Waals surface area (Å²) in [5.41, 5.74) is 0.617. The van der Waals surface area contributed by atoms with Gasteiger partial charge in [-0.15, -0.1) is 0 Å². The fourth-order valence-electron chi connectivity index (χ4n) is 2.74. The van der Waals surface area contributed by atoms with Crippen molar-refractivity contribution in [1.29, 1.82) is 0 Å². The number of ether oxygens (including phenoxy) is 2. The fraction of sp³-hybridized carbons (Fsp3) is 0.611. The van der Waals surface area contributed by atoms with Gasteiger partial charge in [-0.3, -0.25) is 4.90 Å². The number of hydrogen-bond acceptors (Lipinski definition) is 4. The summed E-state index contributed by atoms with van der Waals surface area (Å²) >= 11 is 0. The summed E-state index contributed by atoms with van der Waals surface area (Å²) in [5.74, 6) is 0.809. The number of hydrogen-bond donors (Lipinski definition) is 2. The van der Waals surface area contributed by atoms with Crippen molar-refractivity contribution < 1.29 is 18.3 Å². The van der Waals surface area contributed by atoms with Gasteiger partial charge < -0.3 is 20.1 Å². The van der Waals surface area contributed by atoms with Gasteiger partial charge >= 0.3 is 6.61 Å². The van der Waals surface area contributed by atoms with E-state index < -0.39 is 6.61 Å². The minimum absolute atomic E-state index is 0.156. The van der Waals surface area contributed by atoms with E-state index in [9.17, 15) is 8.78 Å². The normalized spacial score (nSPS) is 17.2. The molecule has 6 nitrogen and oxygen atoms in total. The Labute approximate surface area is 153 Å². The van der Waals surface area contributed by atoms with Crippen LogP contribution in [0.4, 0.5) is 8.78 Å². The lowest BCUT2D eigenvalue weighted by molar-refractivity contribution is -0.0504. The number of benzene rings is 1. The highest BCUT2D eigenvalue weighted by molar-refractivity contribution is 5.79. The first-order chi connectivity index (χ1) is 12.6. The van der Waals surface area contributed by atoms with Crippen molar-refractivity contribution in [3.8, 4) is 5.75 Å². The monoisotopic (exact) mass is 370 g/mol. The lowest BCUT2D eigenvalue weighted by Crippen LogP contribution is -2.49. The van der Waals surface area contributed by atoms with Crippen LogP contribution in [0.15, 0.2) is 29.3 Å². The van der Waals surface area contributed by atoms with Crippen LogP contribution < -0.4 is 15.4 Å². The van der Waals surface area contributed by atoms with E-state index in [0.29, 0.717) is 24.1 Å². The van der Waals surface area contributed by atoms with E-state index in [1.165, 1.54) is 6.07 Å². The molecule has 0 aromatic heterocycles. The van der Waals surface area contributed by atoms with E-state index in [0.717, 1.165) is 32.8 Å². The van der Waals surface area contributed by atoms with Gasteiger partial charge in [0.1, 0.15) is 5.75 Å². The van der Waals surface area contributed by atoms with E-state index in [4.69, 9.17) is 4.74 Å². The number of aliphatic imine (C=N–C) groups is 1. The first-order valence-corrected chi connectivity index (χ1v) is 8.96. The van der Waals surface area contributed by atoms with Crippen molar-refractivity contribution in [3.05, 3.63) is 29.8 Å². The molecule has 0 bridgehead atoms. The summed E-state index contributed by atoms with van der Waals surface area (Å²) in [7, 11) is 0. The topological polar surface area (TPSA) is 58.1 Å². The lowest BCUT2D eigenvalue weighted by atomic mass is 10.2. The highest BCUT2D eigenvalue weighted by atomic mass is 19.3. The molecule has 1 fully saturated rings. The maximum Gasteiger partial charge on any atom is 0.387 e. The molecule has 1 aliphatic rings. The van der Waals surface area contributed by atoms with Crippen LogP contribution in [-0.4, -0.2) is 62.9 Å². The molecule has 0 amide bonds. The average molecular weight is 370 g/mol. The Morgan fingerprint density at radius 2 is 2.00 bits per heavy atom. The van der Waals surface area contributed by atoms with Crippen LogP contribution in [0, 0.1) is 0 Å². The van der Waals surface area contributed by atoms with Crippen LogP contribution in [0.1, 0.15) is 19.4 Å². The van der Waals surface area contributed by atoms with Gasteiger partial charge in [0.2, 0.25) is 0 Å². The van der Waals surface area contributed by atoms with Crippen molar-refractivity contribution in [2.75, 3.05) is 39.4 Å². The molecule has 1 aromatic rings. The van der Waals surface area contributed by atoms with Crippen molar-refractivity contribution in [2.45, 2.75) is 33.0 Å². The Kier molecular flexibility index (Phi) is 8.57. The molecule has 0 spiro atoms. The molecule has 26 heavy (non-hydrogen) atoms. The van der Waals surface area contributed by atoms with Crippen molar-refractivity contribution in [3.63, 3.8) is 0 Å². The SMILES string of the molecule is CCNC(=NCc1ccccc1OC(F)F)NCC(C)N1CCOCC1. The van der Waals surface area contributed by atoms with Crippen LogP contribution in [0.5, 0.6) is 5.75 Å². The van der Waals surface area contributed by atoms with Gasteiger partial charge in [-0.2, -0.15) is 8.78 Å². The lowest BCUT2D eigenvalue weighted by Gasteiger charge is -2.32. The third-order valence-electron chi connectivity index (χ3n) is 4.17. The van der Waals surface area contributed by atoms with Crippen molar-refractivity contribution >= 4 is 5.96 Å². The third-order valence-corrected chi connectivity index (χ3v) is 4.17. The van der Waals surface area contributed by atoms with E-state index in [1.807, 2.05) is 6.92 Å². The summed E-state index contributed by atoms with van der Waals surface area (Å²) in [6.07, 6.45) is 0. The van der Waals surface area contributed by atoms with Crippen LogP contribution in [0.25, 0.3) is 0 Å². The summed E-state index contributed by atoms with van der Waals surface area (Å²) in [5, 5.41) is 6.49. The van der Waals surface area contributed by atoms with Crippen LogP contribution in [-0.2, 0) is 11.3 Å². The minimum atomic E-state index is -2.85. The predicted molar refractivity (Wildman–Crippen MR) is 97.7 cm³/mol. The number of nitrogens with zero attached hydrogens (tertiary/aromatic N) is 2. The van der Waals surface area contributed by atoms with Gasteiger partial charge in [-0.05, 0) is 19.9 Å². The van der Waals surface area contributed by atoms with E-state index in [1.54, 1.807) is 18.2 Å². The number of rotatable bonds is 8. The molecule has 0 aliphatic carbocycles. The Balaban J connectivity index is 1.93. The Bertz CT molecular complexity index is 566. The van der Waals surface area contributed by atoms with Crippen molar-refractivity contribution in [1.82, 2.24) is 15.5 Å². The second-order valence-corrected chi connectivity index (χ2v) is 6.06. The Hall–Kier alpha value is -1.93. The molecular weight excluding hydrogens is 342 g/mol. The van der Waals surface area contributed by atoms with Gasteiger partial charge in [0.05, 0.1) is 19.8 Å². The molecule has 2 N–H and O–H groups in total. The standard InChI is InChI=1S/C18H28F2N4O2/c1-3-21-18(22-12-14(2)24-8-10-25-11-9-24)23-13-15-6-4-5-7-16(15)26-17(19)20/h4-7,14,17H,3,8-13H2,1-2H3,(H2,21,22,23). The van der Waals surface area contributed by atoms with Crippen LogP contribution in [0.2, 0.25) is 0 Å². The smallest absolute Gasteiger partial charge is 0.387 e. The van der Waals surface area contributed by atoms with Gasteiger partial charge in [0, 0.05) is 37.8 Å². The Morgan fingerprint density at radius 3 is 2.69 bits per heavy atom. The third kappa shape index (κ3) is 6.76. The largest absolute Gasteiger partial charge is 0.434 e. The average Bonchev–Trinajstić information content (AvgIpc) is 2.65. The quantitative estimate of drug-likeness (QED) is 0.542. The van der Waals surface area contributed by atoms with Gasteiger partial charge in [-0.1, -0.05) is 18.2 Å². The molecular formula is C18H28F2N4O2. The number of para-hydroxylation sites is 1. The molecule has 1 saturated heterocycles. The maximum atomic E-state index is 12.5. The van der Waals surface area contributed by atoms with Gasteiger partial charge in [0.15, 0.2) is 5.96 Å². The molecule has 2 rings (SSSR count).